The van der Waals surface area contributed by atoms with Crippen molar-refractivity contribution >= 4 is 11.9 Å². The number of nitrogens with zero attached hydrogens (tertiary/aromatic N) is 2. The van der Waals surface area contributed by atoms with E-state index in [2.05, 4.69) is 22.2 Å². The molecular formula is C31H37N3O6. The SMILES string of the molecule is CN(CCc1ccccn1)C[C@@H]1C[C@H](c2ccc(CO)cc2)O[C@H](c2ccc(CNC(=O)CCC(=O)O)cc2)O1. The van der Waals surface area contributed by atoms with Gasteiger partial charge in [-0.15, -0.1) is 0 Å². The number of amides is 1. The molecule has 0 bridgehead atoms. The number of carboxylic acids is 1. The van der Waals surface area contributed by atoms with Gasteiger partial charge in [-0.3, -0.25) is 14.6 Å². The number of carbonyl (C=O) groups excluding carboxylic acids is 1. The number of aliphatic hydroxyl groups is 1. The van der Waals surface area contributed by atoms with Crippen molar-refractivity contribution in [1.82, 2.24) is 15.2 Å². The predicted octanol–water partition coefficient (Wildman–Crippen LogP) is 3.77. The molecule has 1 aromatic heterocycles. The number of rotatable bonds is 13. The van der Waals surface area contributed by atoms with Crippen molar-refractivity contribution in [3.8, 4) is 0 Å². The van der Waals surface area contributed by atoms with E-state index in [9.17, 15) is 14.7 Å². The second-order valence-electron chi connectivity index (χ2n) is 10.1. The molecule has 1 fully saturated rings. The molecule has 0 saturated carbocycles. The van der Waals surface area contributed by atoms with Gasteiger partial charge in [0.25, 0.3) is 0 Å². The van der Waals surface area contributed by atoms with Crippen molar-refractivity contribution in [3.05, 3.63) is 101 Å². The summed E-state index contributed by atoms with van der Waals surface area (Å²) in [5.41, 5.74) is 4.71. The van der Waals surface area contributed by atoms with E-state index in [1.54, 1.807) is 0 Å². The summed E-state index contributed by atoms with van der Waals surface area (Å²) in [6.07, 6.45) is 2.32. The minimum Gasteiger partial charge on any atom is -0.481 e. The van der Waals surface area contributed by atoms with Crippen LogP contribution in [-0.4, -0.2) is 58.2 Å². The standard InChI is InChI=1S/C31H37N3O6/c1-34(17-15-26-4-2-3-16-32-26)20-27-18-28(24-9-7-23(21-35)8-10-24)40-31(39-27)25-11-5-22(6-12-25)19-33-29(36)13-14-30(37)38/h2-12,16,27-28,31,35H,13-15,17-21H2,1H3,(H,33,36)(H,37,38)/t27-,28+,31+/m0/s1. The minimum absolute atomic E-state index is 0.00636. The largest absolute Gasteiger partial charge is 0.481 e. The summed E-state index contributed by atoms with van der Waals surface area (Å²) in [6, 6.07) is 21.5. The molecule has 1 aliphatic heterocycles. The zero-order valence-electron chi connectivity index (χ0n) is 22.7. The zero-order chi connectivity index (χ0) is 28.3. The zero-order valence-corrected chi connectivity index (χ0v) is 22.7. The summed E-state index contributed by atoms with van der Waals surface area (Å²) in [5, 5.41) is 20.9. The van der Waals surface area contributed by atoms with Crippen molar-refractivity contribution in [2.45, 2.75) is 57.3 Å². The lowest BCUT2D eigenvalue weighted by atomic mass is 9.99. The molecule has 40 heavy (non-hydrogen) atoms. The molecule has 0 unspecified atom stereocenters. The molecule has 4 rings (SSSR count). The summed E-state index contributed by atoms with van der Waals surface area (Å²) in [5.74, 6) is -1.29. The first-order valence-corrected chi connectivity index (χ1v) is 13.6. The van der Waals surface area contributed by atoms with Gasteiger partial charge < -0.3 is 29.9 Å². The maximum atomic E-state index is 11.9. The van der Waals surface area contributed by atoms with Gasteiger partial charge in [0.1, 0.15) is 0 Å². The molecule has 2 heterocycles. The van der Waals surface area contributed by atoms with Crippen LogP contribution in [0.5, 0.6) is 0 Å². The molecule has 3 aromatic rings. The first-order chi connectivity index (χ1) is 19.4. The number of hydrogen-bond donors (Lipinski definition) is 3. The van der Waals surface area contributed by atoms with Crippen LogP contribution in [0.4, 0.5) is 0 Å². The lowest BCUT2D eigenvalue weighted by Gasteiger charge is -2.38. The molecule has 0 radical (unpaired) electrons. The van der Waals surface area contributed by atoms with E-state index in [0.29, 0.717) is 13.0 Å². The third kappa shape index (κ3) is 8.96. The quantitative estimate of drug-likeness (QED) is 0.296. The molecule has 9 nitrogen and oxygen atoms in total. The van der Waals surface area contributed by atoms with Gasteiger partial charge in [-0.2, -0.15) is 0 Å². The Hall–Kier alpha value is -3.63. The summed E-state index contributed by atoms with van der Waals surface area (Å²) in [7, 11) is 2.08. The fraction of sp³-hybridized carbons (Fsp3) is 0.387. The van der Waals surface area contributed by atoms with Gasteiger partial charge in [-0.25, -0.2) is 0 Å². The van der Waals surface area contributed by atoms with Crippen molar-refractivity contribution in [1.29, 1.82) is 0 Å². The Labute approximate surface area is 234 Å². The number of carbonyl (C=O) groups is 2. The van der Waals surface area contributed by atoms with Crippen molar-refractivity contribution in [2.75, 3.05) is 20.1 Å². The smallest absolute Gasteiger partial charge is 0.303 e. The van der Waals surface area contributed by atoms with Gasteiger partial charge >= 0.3 is 5.97 Å². The van der Waals surface area contributed by atoms with Crippen LogP contribution in [0.15, 0.2) is 72.9 Å². The Morgan fingerprint density at radius 3 is 2.38 bits per heavy atom. The Balaban J connectivity index is 1.41. The summed E-state index contributed by atoms with van der Waals surface area (Å²) < 4.78 is 12.9. The number of hydrogen-bond acceptors (Lipinski definition) is 7. The van der Waals surface area contributed by atoms with Gasteiger partial charge in [0.05, 0.1) is 25.2 Å². The van der Waals surface area contributed by atoms with Gasteiger partial charge in [0.15, 0.2) is 6.29 Å². The number of carboxylic acid groups (broad SMARTS) is 1. The number of aliphatic carboxylic acids is 1. The van der Waals surface area contributed by atoms with Crippen LogP contribution < -0.4 is 5.32 Å². The highest BCUT2D eigenvalue weighted by Gasteiger charge is 2.32. The fourth-order valence-corrected chi connectivity index (χ4v) is 4.63. The molecular weight excluding hydrogens is 510 g/mol. The number of nitrogens with one attached hydrogen (secondary N) is 1. The molecule has 1 aliphatic rings. The monoisotopic (exact) mass is 547 g/mol. The van der Waals surface area contributed by atoms with E-state index in [4.69, 9.17) is 14.6 Å². The van der Waals surface area contributed by atoms with E-state index >= 15 is 0 Å². The summed E-state index contributed by atoms with van der Waals surface area (Å²) in [6.45, 7) is 1.89. The number of aromatic nitrogens is 1. The molecule has 0 aliphatic carbocycles. The normalized spacial score (nSPS) is 18.9. The average Bonchev–Trinajstić information content (AvgIpc) is 2.98. The van der Waals surface area contributed by atoms with Crippen molar-refractivity contribution < 1.29 is 29.3 Å². The first-order valence-electron chi connectivity index (χ1n) is 13.6. The van der Waals surface area contributed by atoms with Gasteiger partial charge in [-0.1, -0.05) is 54.6 Å². The highest BCUT2D eigenvalue weighted by atomic mass is 16.7. The Bertz CT molecular complexity index is 1220. The van der Waals surface area contributed by atoms with Gasteiger partial charge in [0.2, 0.25) is 5.91 Å². The van der Waals surface area contributed by atoms with Gasteiger partial charge in [-0.05, 0) is 35.9 Å². The molecule has 2 aromatic carbocycles. The van der Waals surface area contributed by atoms with Crippen LogP contribution >= 0.6 is 0 Å². The maximum Gasteiger partial charge on any atom is 0.303 e. The second kappa shape index (κ2) is 14.7. The number of pyridine rings is 1. The van der Waals surface area contributed by atoms with Crippen LogP contribution in [-0.2, 0) is 38.6 Å². The third-order valence-electron chi connectivity index (χ3n) is 6.91. The first kappa shape index (κ1) is 29.4. The van der Waals surface area contributed by atoms with Crippen molar-refractivity contribution in [2.24, 2.45) is 0 Å². The molecule has 1 amide bonds. The van der Waals surface area contributed by atoms with Crippen LogP contribution in [0.3, 0.4) is 0 Å². The summed E-state index contributed by atoms with van der Waals surface area (Å²) in [4.78, 5) is 29.2. The van der Waals surface area contributed by atoms with E-state index in [1.807, 2.05) is 72.9 Å². The molecule has 3 atom stereocenters. The topological polar surface area (TPSA) is 121 Å². The Kier molecular flexibility index (Phi) is 10.8. The Morgan fingerprint density at radius 1 is 0.975 bits per heavy atom. The number of ether oxygens (including phenoxy) is 2. The highest BCUT2D eigenvalue weighted by Crippen LogP contribution is 2.38. The predicted molar refractivity (Wildman–Crippen MR) is 149 cm³/mol. The lowest BCUT2D eigenvalue weighted by molar-refractivity contribution is -0.252. The third-order valence-corrected chi connectivity index (χ3v) is 6.91. The highest BCUT2D eigenvalue weighted by molar-refractivity contribution is 5.80. The van der Waals surface area contributed by atoms with E-state index in [-0.39, 0.29) is 37.6 Å². The molecule has 1 saturated heterocycles. The minimum atomic E-state index is -0.993. The number of aliphatic hydroxyl groups excluding tert-OH is 1. The molecule has 0 spiro atoms. The van der Waals surface area contributed by atoms with Gasteiger partial charge in [0, 0.05) is 56.4 Å². The van der Waals surface area contributed by atoms with Crippen LogP contribution in [0.25, 0.3) is 0 Å². The lowest BCUT2D eigenvalue weighted by Crippen LogP contribution is -2.38. The van der Waals surface area contributed by atoms with E-state index in [0.717, 1.165) is 47.5 Å². The second-order valence-corrected chi connectivity index (χ2v) is 10.1. The van der Waals surface area contributed by atoms with Crippen LogP contribution in [0.1, 0.15) is 59.6 Å². The average molecular weight is 548 g/mol. The van der Waals surface area contributed by atoms with E-state index in [1.165, 1.54) is 0 Å². The fourth-order valence-electron chi connectivity index (χ4n) is 4.63. The van der Waals surface area contributed by atoms with Crippen LogP contribution in [0, 0.1) is 0 Å². The molecule has 9 heteroatoms. The van der Waals surface area contributed by atoms with Crippen LogP contribution in [0.2, 0.25) is 0 Å². The van der Waals surface area contributed by atoms with E-state index < -0.39 is 12.3 Å². The molecule has 212 valence electrons. The number of benzene rings is 2. The van der Waals surface area contributed by atoms with Crippen molar-refractivity contribution in [3.63, 3.8) is 0 Å². The molecule has 3 N–H and O–H groups in total. The summed E-state index contributed by atoms with van der Waals surface area (Å²) >= 11 is 0. The number of likely N-dealkylation sites (N-methyl/N-ethyl adjacent to an activating group) is 1. The maximum absolute atomic E-state index is 11.9. The Morgan fingerprint density at radius 2 is 1.70 bits per heavy atom.